The summed E-state index contributed by atoms with van der Waals surface area (Å²) < 4.78 is 1.08. The summed E-state index contributed by atoms with van der Waals surface area (Å²) in [7, 11) is 0. The van der Waals surface area contributed by atoms with Crippen molar-refractivity contribution in [2.24, 2.45) is 0 Å². The SMILES string of the molecule is CSc1cc2cc(N)sc2cc1C#N. The zero-order chi connectivity index (χ0) is 10.1. The predicted octanol–water partition coefficient (Wildman–Crippen LogP) is 3.08. The van der Waals surface area contributed by atoms with E-state index in [1.165, 1.54) is 11.3 Å². The Morgan fingerprint density at radius 1 is 1.43 bits per heavy atom. The lowest BCUT2D eigenvalue weighted by molar-refractivity contribution is 1.40. The second-order valence-electron chi connectivity index (χ2n) is 2.85. The third-order valence-corrected chi connectivity index (χ3v) is 3.68. The maximum atomic E-state index is 8.93. The van der Waals surface area contributed by atoms with Crippen LogP contribution in [0.15, 0.2) is 23.1 Å². The zero-order valence-corrected chi connectivity index (χ0v) is 9.21. The molecule has 0 saturated carbocycles. The first kappa shape index (κ1) is 9.38. The van der Waals surface area contributed by atoms with Crippen LogP contribution >= 0.6 is 23.1 Å². The molecule has 0 amide bonds. The van der Waals surface area contributed by atoms with Gasteiger partial charge in [0.05, 0.1) is 10.6 Å². The van der Waals surface area contributed by atoms with Crippen molar-refractivity contribution in [3.63, 3.8) is 0 Å². The van der Waals surface area contributed by atoms with Crippen LogP contribution in [0.5, 0.6) is 0 Å². The Bertz CT molecular complexity index is 523. The van der Waals surface area contributed by atoms with Gasteiger partial charge in [0.25, 0.3) is 0 Å². The maximum absolute atomic E-state index is 8.93. The lowest BCUT2D eigenvalue weighted by atomic mass is 10.2. The quantitative estimate of drug-likeness (QED) is 0.751. The van der Waals surface area contributed by atoms with Gasteiger partial charge < -0.3 is 5.73 Å². The first-order chi connectivity index (χ1) is 6.74. The number of thioether (sulfide) groups is 1. The summed E-state index contributed by atoms with van der Waals surface area (Å²) in [6.45, 7) is 0. The van der Waals surface area contributed by atoms with Crippen molar-refractivity contribution in [1.82, 2.24) is 0 Å². The van der Waals surface area contributed by atoms with E-state index < -0.39 is 0 Å². The fourth-order valence-corrected chi connectivity index (χ4v) is 2.76. The number of hydrogen-bond acceptors (Lipinski definition) is 4. The molecule has 0 atom stereocenters. The van der Waals surface area contributed by atoms with Crippen molar-refractivity contribution in [2.75, 3.05) is 12.0 Å². The van der Waals surface area contributed by atoms with Crippen molar-refractivity contribution in [2.45, 2.75) is 4.90 Å². The van der Waals surface area contributed by atoms with Gasteiger partial charge >= 0.3 is 0 Å². The first-order valence-electron chi connectivity index (χ1n) is 4.01. The molecule has 0 radical (unpaired) electrons. The second-order valence-corrected chi connectivity index (χ2v) is 4.81. The molecule has 0 aliphatic rings. The Labute approximate surface area is 90.3 Å². The van der Waals surface area contributed by atoms with Gasteiger partial charge in [-0.2, -0.15) is 5.26 Å². The second kappa shape index (κ2) is 3.52. The van der Waals surface area contributed by atoms with Gasteiger partial charge in [0.2, 0.25) is 0 Å². The maximum Gasteiger partial charge on any atom is 0.100 e. The minimum absolute atomic E-state index is 0.729. The topological polar surface area (TPSA) is 49.8 Å². The van der Waals surface area contributed by atoms with Crippen LogP contribution in [0.25, 0.3) is 10.1 Å². The van der Waals surface area contributed by atoms with E-state index in [9.17, 15) is 0 Å². The van der Waals surface area contributed by atoms with Crippen molar-refractivity contribution >= 4 is 38.2 Å². The number of nitrogen functional groups attached to an aromatic ring is 1. The molecule has 1 aromatic heterocycles. The number of rotatable bonds is 1. The van der Waals surface area contributed by atoms with E-state index in [-0.39, 0.29) is 0 Å². The predicted molar refractivity (Wildman–Crippen MR) is 62.7 cm³/mol. The standard InChI is InChI=1S/C10H8N2S2/c1-13-8-2-6-4-10(12)14-9(6)3-7(8)5-11/h2-4H,12H2,1H3. The molecule has 70 valence electrons. The van der Waals surface area contributed by atoms with Gasteiger partial charge in [-0.05, 0) is 29.8 Å². The molecule has 0 aliphatic carbocycles. The number of anilines is 1. The van der Waals surface area contributed by atoms with Gasteiger partial charge in [0, 0.05) is 9.60 Å². The summed E-state index contributed by atoms with van der Waals surface area (Å²) in [5, 5.41) is 10.8. The van der Waals surface area contributed by atoms with Crippen LogP contribution in [-0.4, -0.2) is 6.26 Å². The lowest BCUT2D eigenvalue weighted by Crippen LogP contribution is -1.78. The number of hydrogen-bond donors (Lipinski definition) is 1. The molecule has 2 nitrogen and oxygen atoms in total. The van der Waals surface area contributed by atoms with Crippen LogP contribution in [0.4, 0.5) is 5.00 Å². The Morgan fingerprint density at radius 2 is 2.21 bits per heavy atom. The molecular formula is C10H8N2S2. The Morgan fingerprint density at radius 3 is 2.86 bits per heavy atom. The third kappa shape index (κ3) is 1.45. The molecule has 0 unspecified atom stereocenters. The number of thiophene rings is 1. The van der Waals surface area contributed by atoms with Crippen LogP contribution in [-0.2, 0) is 0 Å². The Kier molecular flexibility index (Phi) is 2.36. The molecule has 0 fully saturated rings. The number of nitriles is 1. The zero-order valence-electron chi connectivity index (χ0n) is 7.57. The highest BCUT2D eigenvalue weighted by molar-refractivity contribution is 7.98. The van der Waals surface area contributed by atoms with E-state index in [1.54, 1.807) is 11.8 Å². The van der Waals surface area contributed by atoms with Gasteiger partial charge in [0.15, 0.2) is 0 Å². The van der Waals surface area contributed by atoms with Crippen molar-refractivity contribution < 1.29 is 0 Å². The summed E-state index contributed by atoms with van der Waals surface area (Å²) in [4.78, 5) is 1.01. The van der Waals surface area contributed by atoms with E-state index >= 15 is 0 Å². The summed E-state index contributed by atoms with van der Waals surface area (Å²) in [5.41, 5.74) is 6.43. The van der Waals surface area contributed by atoms with Crippen LogP contribution in [0, 0.1) is 11.3 Å². The summed E-state index contributed by atoms with van der Waals surface area (Å²) >= 11 is 3.10. The normalized spacial score (nSPS) is 10.3. The van der Waals surface area contributed by atoms with Crippen LogP contribution in [0.1, 0.15) is 5.56 Å². The smallest absolute Gasteiger partial charge is 0.100 e. The molecule has 0 spiro atoms. The summed E-state index contributed by atoms with van der Waals surface area (Å²) in [5.74, 6) is 0. The summed E-state index contributed by atoms with van der Waals surface area (Å²) in [6.07, 6.45) is 1.97. The average molecular weight is 220 g/mol. The number of nitrogens with zero attached hydrogens (tertiary/aromatic N) is 1. The minimum atomic E-state index is 0.729. The van der Waals surface area contributed by atoms with E-state index in [0.29, 0.717) is 0 Å². The lowest BCUT2D eigenvalue weighted by Gasteiger charge is -1.99. The highest BCUT2D eigenvalue weighted by atomic mass is 32.2. The molecule has 1 aromatic carbocycles. The van der Waals surface area contributed by atoms with Crippen molar-refractivity contribution in [3.05, 3.63) is 23.8 Å². The number of benzene rings is 1. The average Bonchev–Trinajstić information content (AvgIpc) is 2.54. The van der Waals surface area contributed by atoms with Gasteiger partial charge in [-0.15, -0.1) is 23.1 Å². The van der Waals surface area contributed by atoms with Crippen molar-refractivity contribution in [3.8, 4) is 6.07 Å². The molecule has 1 heterocycles. The Balaban J connectivity index is 2.76. The molecule has 2 N–H and O–H groups in total. The molecule has 14 heavy (non-hydrogen) atoms. The van der Waals surface area contributed by atoms with E-state index in [4.69, 9.17) is 11.0 Å². The molecule has 2 aromatic rings. The molecule has 0 aliphatic heterocycles. The Hall–Kier alpha value is -1.18. The largest absolute Gasteiger partial charge is 0.391 e. The highest BCUT2D eigenvalue weighted by Crippen LogP contribution is 2.32. The van der Waals surface area contributed by atoms with E-state index in [1.807, 2.05) is 24.5 Å². The fraction of sp³-hybridized carbons (Fsp3) is 0.100. The molecule has 2 rings (SSSR count). The van der Waals surface area contributed by atoms with E-state index in [2.05, 4.69) is 6.07 Å². The number of nitrogens with two attached hydrogens (primary N) is 1. The van der Waals surface area contributed by atoms with Gasteiger partial charge in [0.1, 0.15) is 6.07 Å². The minimum Gasteiger partial charge on any atom is -0.391 e. The number of fused-ring (bicyclic) bond motifs is 1. The van der Waals surface area contributed by atoms with E-state index in [0.717, 1.165) is 25.5 Å². The first-order valence-corrected chi connectivity index (χ1v) is 6.06. The molecular weight excluding hydrogens is 212 g/mol. The van der Waals surface area contributed by atoms with Crippen molar-refractivity contribution in [1.29, 1.82) is 5.26 Å². The van der Waals surface area contributed by atoms with Crippen LogP contribution < -0.4 is 5.73 Å². The van der Waals surface area contributed by atoms with Gasteiger partial charge in [-0.3, -0.25) is 0 Å². The van der Waals surface area contributed by atoms with Crippen LogP contribution in [0.3, 0.4) is 0 Å². The molecule has 4 heteroatoms. The fourth-order valence-electron chi connectivity index (χ4n) is 1.34. The highest BCUT2D eigenvalue weighted by Gasteiger charge is 2.05. The van der Waals surface area contributed by atoms with Gasteiger partial charge in [-0.1, -0.05) is 0 Å². The molecule has 0 bridgehead atoms. The monoisotopic (exact) mass is 220 g/mol. The van der Waals surface area contributed by atoms with Gasteiger partial charge in [-0.25, -0.2) is 0 Å². The summed E-state index contributed by atoms with van der Waals surface area (Å²) in [6, 6.07) is 8.06. The molecule has 0 saturated heterocycles. The third-order valence-electron chi connectivity index (χ3n) is 1.98. The van der Waals surface area contributed by atoms with Crippen LogP contribution in [0.2, 0.25) is 0 Å².